The highest BCUT2D eigenvalue weighted by atomic mass is 16.2. The number of nitrogens with one attached hydrogen (secondary N) is 2. The smallest absolute Gasteiger partial charge is 0.246 e. The lowest BCUT2D eigenvalue weighted by atomic mass is 10.0. The first-order valence-electron chi connectivity index (χ1n) is 8.94. The van der Waals surface area contributed by atoms with Crippen LogP contribution in [0.25, 0.3) is 0 Å². The lowest BCUT2D eigenvalue weighted by molar-refractivity contribution is -0.121. The summed E-state index contributed by atoms with van der Waals surface area (Å²) in [5.41, 5.74) is 3.27. The monoisotopic (exact) mass is 353 g/mol. The number of anilines is 2. The molecule has 2 rings (SSSR count). The summed E-state index contributed by atoms with van der Waals surface area (Å²) in [4.78, 5) is 26.5. The minimum Gasteiger partial charge on any atom is -0.326 e. The van der Waals surface area contributed by atoms with Crippen LogP contribution in [-0.2, 0) is 9.59 Å². The van der Waals surface area contributed by atoms with Gasteiger partial charge < -0.3 is 10.6 Å². The van der Waals surface area contributed by atoms with E-state index < -0.39 is 0 Å². The minimum absolute atomic E-state index is 0.0806. The van der Waals surface area contributed by atoms with Gasteiger partial charge in [-0.05, 0) is 43.3 Å². The third kappa shape index (κ3) is 4.92. The molecule has 1 atom stereocenters. The number of benzene rings is 2. The van der Waals surface area contributed by atoms with E-state index in [2.05, 4.69) is 29.4 Å². The van der Waals surface area contributed by atoms with Gasteiger partial charge >= 0.3 is 0 Å². The van der Waals surface area contributed by atoms with Crippen LogP contribution in [0.4, 0.5) is 11.4 Å². The summed E-state index contributed by atoms with van der Waals surface area (Å²) in [5, 5.41) is 5.79. The van der Waals surface area contributed by atoms with Crippen LogP contribution in [0.15, 0.2) is 48.5 Å². The molecule has 2 aromatic carbocycles. The Kier molecular flexibility index (Phi) is 6.92. The molecule has 2 aromatic rings. The van der Waals surface area contributed by atoms with Crippen LogP contribution in [0.1, 0.15) is 37.9 Å². The van der Waals surface area contributed by atoms with Crippen molar-refractivity contribution in [3.8, 4) is 0 Å². The molecule has 0 aromatic heterocycles. The highest BCUT2D eigenvalue weighted by Gasteiger charge is 2.26. The third-order valence-electron chi connectivity index (χ3n) is 4.36. The van der Waals surface area contributed by atoms with E-state index >= 15 is 0 Å². The lowest BCUT2D eigenvalue weighted by Crippen LogP contribution is -2.37. The molecule has 0 aliphatic rings. The molecule has 0 unspecified atom stereocenters. The Balaban J connectivity index is 2.31. The average Bonchev–Trinajstić information content (AvgIpc) is 2.62. The van der Waals surface area contributed by atoms with E-state index in [9.17, 15) is 9.59 Å². The molecule has 5 nitrogen and oxygen atoms in total. The van der Waals surface area contributed by atoms with Gasteiger partial charge in [-0.15, -0.1) is 0 Å². The number of hydrogen-bond acceptors (Lipinski definition) is 3. The minimum atomic E-state index is -0.366. The second-order valence-electron chi connectivity index (χ2n) is 6.23. The first kappa shape index (κ1) is 19.7. The predicted molar refractivity (Wildman–Crippen MR) is 106 cm³/mol. The summed E-state index contributed by atoms with van der Waals surface area (Å²) in [6, 6.07) is 14.9. The number of nitrogens with zero attached hydrogens (tertiary/aromatic N) is 1. The van der Waals surface area contributed by atoms with Crippen LogP contribution in [0.2, 0.25) is 0 Å². The molecule has 0 bridgehead atoms. The van der Waals surface area contributed by atoms with Crippen molar-refractivity contribution in [1.82, 2.24) is 4.90 Å². The fourth-order valence-corrected chi connectivity index (χ4v) is 2.99. The average molecular weight is 353 g/mol. The zero-order chi connectivity index (χ0) is 19.1. The molecule has 0 fully saturated rings. The highest BCUT2D eigenvalue weighted by molar-refractivity contribution is 5.97. The molecule has 26 heavy (non-hydrogen) atoms. The topological polar surface area (TPSA) is 61.4 Å². The van der Waals surface area contributed by atoms with Gasteiger partial charge in [0, 0.05) is 18.3 Å². The maximum Gasteiger partial charge on any atom is 0.246 e. The molecular formula is C21H27N3O2. The number of aryl methyl sites for hydroxylation is 1. The molecule has 0 saturated heterocycles. The maximum atomic E-state index is 13.1. The molecule has 138 valence electrons. The standard InChI is InChI=1S/C21H27N3O2/c1-5-24(6-2)20(17-10-8-7-9-11-17)21(26)23-19-14-18(22-16(4)25)13-12-15(19)3/h7-14,20H,5-6H2,1-4H3,(H,22,25)(H,23,26)/t20-/m1/s1. The molecule has 2 amide bonds. The largest absolute Gasteiger partial charge is 0.326 e. The number of rotatable bonds is 7. The zero-order valence-electron chi connectivity index (χ0n) is 15.9. The van der Waals surface area contributed by atoms with E-state index in [1.54, 1.807) is 6.07 Å². The van der Waals surface area contributed by atoms with Gasteiger partial charge in [-0.25, -0.2) is 0 Å². The summed E-state index contributed by atoms with van der Waals surface area (Å²) in [6.07, 6.45) is 0. The van der Waals surface area contributed by atoms with Crippen LogP contribution in [0, 0.1) is 6.92 Å². The van der Waals surface area contributed by atoms with Crippen LogP contribution < -0.4 is 10.6 Å². The summed E-state index contributed by atoms with van der Waals surface area (Å²) in [7, 11) is 0. The van der Waals surface area contributed by atoms with Crippen molar-refractivity contribution in [3.63, 3.8) is 0 Å². The van der Waals surface area contributed by atoms with Crippen LogP contribution in [0.5, 0.6) is 0 Å². The predicted octanol–water partition coefficient (Wildman–Crippen LogP) is 3.98. The lowest BCUT2D eigenvalue weighted by Gasteiger charge is -2.29. The molecule has 0 heterocycles. The highest BCUT2D eigenvalue weighted by Crippen LogP contribution is 2.25. The van der Waals surface area contributed by atoms with Crippen LogP contribution in [-0.4, -0.2) is 29.8 Å². The first-order chi connectivity index (χ1) is 12.5. The molecule has 5 heteroatoms. The number of carbonyl (C=O) groups excluding carboxylic acids is 2. The Hall–Kier alpha value is -2.66. The van der Waals surface area contributed by atoms with Gasteiger partial charge in [-0.3, -0.25) is 14.5 Å². The SMILES string of the molecule is CCN(CC)[C@@H](C(=O)Nc1cc(NC(C)=O)ccc1C)c1ccccc1. The molecular weight excluding hydrogens is 326 g/mol. The van der Waals surface area contributed by atoms with Gasteiger partial charge in [0.1, 0.15) is 6.04 Å². The van der Waals surface area contributed by atoms with Gasteiger partial charge in [0.15, 0.2) is 0 Å². The second-order valence-corrected chi connectivity index (χ2v) is 6.23. The van der Waals surface area contributed by atoms with Gasteiger partial charge in [0.05, 0.1) is 0 Å². The van der Waals surface area contributed by atoms with Crippen molar-refractivity contribution in [2.45, 2.75) is 33.7 Å². The van der Waals surface area contributed by atoms with E-state index in [-0.39, 0.29) is 17.9 Å². The van der Waals surface area contributed by atoms with Crippen molar-refractivity contribution in [1.29, 1.82) is 0 Å². The Morgan fingerprint density at radius 3 is 2.23 bits per heavy atom. The number of amides is 2. The molecule has 0 aliphatic heterocycles. The van der Waals surface area contributed by atoms with E-state index in [1.165, 1.54) is 6.92 Å². The van der Waals surface area contributed by atoms with Crippen molar-refractivity contribution < 1.29 is 9.59 Å². The van der Waals surface area contributed by atoms with Crippen molar-refractivity contribution in [2.75, 3.05) is 23.7 Å². The summed E-state index contributed by atoms with van der Waals surface area (Å²) >= 11 is 0. The summed E-state index contributed by atoms with van der Waals surface area (Å²) in [6.45, 7) is 9.04. The van der Waals surface area contributed by atoms with Gasteiger partial charge in [-0.1, -0.05) is 50.2 Å². The molecule has 0 aliphatic carbocycles. The van der Waals surface area contributed by atoms with E-state index in [0.29, 0.717) is 11.4 Å². The first-order valence-corrected chi connectivity index (χ1v) is 8.94. The molecule has 2 N–H and O–H groups in total. The molecule has 0 spiro atoms. The Morgan fingerprint density at radius 1 is 1.00 bits per heavy atom. The van der Waals surface area contributed by atoms with E-state index in [1.807, 2.05) is 49.4 Å². The second kappa shape index (κ2) is 9.15. The van der Waals surface area contributed by atoms with Crippen LogP contribution >= 0.6 is 0 Å². The molecule has 0 radical (unpaired) electrons. The van der Waals surface area contributed by atoms with E-state index in [0.717, 1.165) is 24.2 Å². The Morgan fingerprint density at radius 2 is 1.65 bits per heavy atom. The summed E-state index contributed by atoms with van der Waals surface area (Å²) < 4.78 is 0. The quantitative estimate of drug-likeness (QED) is 0.791. The van der Waals surface area contributed by atoms with Crippen molar-refractivity contribution >= 4 is 23.2 Å². The van der Waals surface area contributed by atoms with Crippen molar-refractivity contribution in [3.05, 3.63) is 59.7 Å². The molecule has 0 saturated carbocycles. The van der Waals surface area contributed by atoms with Gasteiger partial charge in [-0.2, -0.15) is 0 Å². The van der Waals surface area contributed by atoms with Crippen molar-refractivity contribution in [2.24, 2.45) is 0 Å². The number of carbonyl (C=O) groups is 2. The zero-order valence-corrected chi connectivity index (χ0v) is 15.9. The maximum absolute atomic E-state index is 13.1. The fraction of sp³-hybridized carbons (Fsp3) is 0.333. The summed E-state index contributed by atoms with van der Waals surface area (Å²) in [5.74, 6) is -0.223. The Labute approximate surface area is 155 Å². The normalized spacial score (nSPS) is 11.9. The number of hydrogen-bond donors (Lipinski definition) is 2. The fourth-order valence-electron chi connectivity index (χ4n) is 2.99. The Bertz CT molecular complexity index is 755. The van der Waals surface area contributed by atoms with Gasteiger partial charge in [0.2, 0.25) is 11.8 Å². The van der Waals surface area contributed by atoms with E-state index in [4.69, 9.17) is 0 Å². The number of likely N-dealkylation sites (N-methyl/N-ethyl adjacent to an activating group) is 1. The third-order valence-corrected chi connectivity index (χ3v) is 4.36. The van der Waals surface area contributed by atoms with Gasteiger partial charge in [0.25, 0.3) is 0 Å². The van der Waals surface area contributed by atoms with Crippen LogP contribution in [0.3, 0.4) is 0 Å².